The predicted octanol–water partition coefficient (Wildman–Crippen LogP) is 2.02. The number of benzene rings is 1. The first-order valence-corrected chi connectivity index (χ1v) is 9.53. The van der Waals surface area contributed by atoms with Crippen LogP contribution in [0.2, 0.25) is 0 Å². The van der Waals surface area contributed by atoms with E-state index in [2.05, 4.69) is 80.2 Å². The molecule has 144 valence electrons. The van der Waals surface area contributed by atoms with Crippen molar-refractivity contribution in [1.29, 1.82) is 0 Å². The van der Waals surface area contributed by atoms with E-state index >= 15 is 0 Å². The Bertz CT molecular complexity index is 729. The first kappa shape index (κ1) is 22.7. The lowest BCUT2D eigenvalue weighted by Crippen LogP contribution is -3.00. The summed E-state index contributed by atoms with van der Waals surface area (Å²) in [6.07, 6.45) is 0. The van der Waals surface area contributed by atoms with Crippen molar-refractivity contribution in [3.05, 3.63) is 34.3 Å². The van der Waals surface area contributed by atoms with Crippen molar-refractivity contribution < 1.29 is 21.5 Å². The first-order chi connectivity index (χ1) is 11.7. The molecule has 0 fully saturated rings. The fourth-order valence-corrected chi connectivity index (χ4v) is 3.17. The fourth-order valence-electron chi connectivity index (χ4n) is 2.43. The van der Waals surface area contributed by atoms with Crippen molar-refractivity contribution in [1.82, 2.24) is 4.98 Å². The maximum Gasteiger partial charge on any atom is 0.230 e. The quantitative estimate of drug-likeness (QED) is 0.488. The third-order valence-electron chi connectivity index (χ3n) is 4.23. The van der Waals surface area contributed by atoms with E-state index in [4.69, 9.17) is 0 Å². The molecule has 0 radical (unpaired) electrons. The van der Waals surface area contributed by atoms with Gasteiger partial charge in [0.2, 0.25) is 5.13 Å². The molecule has 1 aromatic heterocycles. The second kappa shape index (κ2) is 9.58. The van der Waals surface area contributed by atoms with Crippen molar-refractivity contribution in [3.8, 4) is 0 Å². The molecule has 2 rings (SSSR count). The van der Waals surface area contributed by atoms with Gasteiger partial charge in [-0.25, -0.2) is 4.98 Å². The van der Waals surface area contributed by atoms with Gasteiger partial charge in [-0.15, -0.1) is 10.2 Å². The van der Waals surface area contributed by atoms with Crippen LogP contribution in [0.3, 0.4) is 0 Å². The topological polar surface area (TPSA) is 40.9 Å². The Morgan fingerprint density at radius 2 is 1.81 bits per heavy atom. The van der Waals surface area contributed by atoms with Gasteiger partial charge in [0.25, 0.3) is 0 Å². The third kappa shape index (κ3) is 6.45. The number of rotatable bonds is 7. The van der Waals surface area contributed by atoms with Gasteiger partial charge in [-0.1, -0.05) is 11.3 Å². The van der Waals surface area contributed by atoms with Crippen LogP contribution in [0.4, 0.5) is 16.5 Å². The second-order valence-corrected chi connectivity index (χ2v) is 8.58. The molecule has 0 aliphatic heterocycles. The Labute approximate surface area is 172 Å². The van der Waals surface area contributed by atoms with Gasteiger partial charge >= 0.3 is 0 Å². The zero-order valence-corrected chi connectivity index (χ0v) is 19.3. The lowest BCUT2D eigenvalue weighted by molar-refractivity contribution is -0.868. The average Bonchev–Trinajstić information content (AvgIpc) is 2.84. The normalized spacial score (nSPS) is 11.7. The maximum atomic E-state index is 4.41. The molecule has 0 aliphatic carbocycles. The molecule has 0 atom stereocenters. The van der Waals surface area contributed by atoms with Crippen LogP contribution in [0.1, 0.15) is 23.1 Å². The summed E-state index contributed by atoms with van der Waals surface area (Å²) in [6.45, 7) is 11.5. The Kier molecular flexibility index (Phi) is 8.37. The number of halogens is 1. The van der Waals surface area contributed by atoms with E-state index < -0.39 is 0 Å². The number of likely N-dealkylation sites (N-methyl/N-ethyl adjacent to an activating group) is 2. The van der Waals surface area contributed by atoms with E-state index in [-0.39, 0.29) is 17.0 Å². The smallest absolute Gasteiger partial charge is 0.230 e. The average molecular weight is 440 g/mol. The molecule has 1 aromatic carbocycles. The summed E-state index contributed by atoms with van der Waals surface area (Å²) < 4.78 is 0.967. The number of azo groups is 1. The van der Waals surface area contributed by atoms with Gasteiger partial charge < -0.3 is 26.4 Å². The highest BCUT2D eigenvalue weighted by Gasteiger charge is 2.12. The fraction of sp³-hybridized carbons (Fsp3) is 0.526. The summed E-state index contributed by atoms with van der Waals surface area (Å²) >= 11 is 1.58. The number of hydrogen-bond acceptors (Lipinski definition) is 5. The molecule has 1 heterocycles. The minimum atomic E-state index is 0. The van der Waals surface area contributed by atoms with Crippen molar-refractivity contribution in [2.45, 2.75) is 27.7 Å². The molecule has 2 aromatic rings. The first-order valence-electron chi connectivity index (χ1n) is 8.71. The molecule has 0 amide bonds. The zero-order chi connectivity index (χ0) is 18.6. The second-order valence-electron chi connectivity index (χ2n) is 7.40. The van der Waals surface area contributed by atoms with E-state index in [0.717, 1.165) is 46.2 Å². The van der Waals surface area contributed by atoms with E-state index in [1.807, 2.05) is 6.92 Å². The number of nitrogens with zero attached hydrogens (tertiary/aromatic N) is 5. The van der Waals surface area contributed by atoms with Gasteiger partial charge in [0.05, 0.1) is 45.6 Å². The summed E-state index contributed by atoms with van der Waals surface area (Å²) in [5, 5.41) is 9.41. The number of anilines is 1. The van der Waals surface area contributed by atoms with Gasteiger partial charge in [0.15, 0.2) is 0 Å². The molecular weight excluding hydrogens is 410 g/mol. The summed E-state index contributed by atoms with van der Waals surface area (Å²) in [6, 6.07) is 6.39. The maximum absolute atomic E-state index is 4.41. The summed E-state index contributed by atoms with van der Waals surface area (Å²) in [4.78, 5) is 8.01. The number of quaternary nitrogens is 1. The van der Waals surface area contributed by atoms with Crippen LogP contribution >= 0.6 is 11.3 Å². The molecule has 0 saturated heterocycles. The summed E-state index contributed by atoms with van der Waals surface area (Å²) in [5.74, 6) is 0. The van der Waals surface area contributed by atoms with E-state index in [1.54, 1.807) is 11.3 Å². The highest BCUT2D eigenvalue weighted by molar-refractivity contribution is 7.15. The highest BCUT2D eigenvalue weighted by Crippen LogP contribution is 2.29. The Morgan fingerprint density at radius 3 is 2.31 bits per heavy atom. The molecule has 7 heteroatoms. The molecule has 26 heavy (non-hydrogen) atoms. The third-order valence-corrected chi connectivity index (χ3v) is 5.19. The van der Waals surface area contributed by atoms with Crippen LogP contribution in [-0.2, 0) is 0 Å². The number of hydrogen-bond donors (Lipinski definition) is 0. The lowest BCUT2D eigenvalue weighted by Gasteiger charge is -2.29. The van der Waals surface area contributed by atoms with Gasteiger partial charge in [-0.2, -0.15) is 0 Å². The predicted molar refractivity (Wildman–Crippen MR) is 108 cm³/mol. The van der Waals surface area contributed by atoms with Gasteiger partial charge in [-0.05, 0) is 51.5 Å². The van der Waals surface area contributed by atoms with Crippen LogP contribution in [0.5, 0.6) is 0 Å². The van der Waals surface area contributed by atoms with Crippen molar-refractivity contribution in [3.63, 3.8) is 0 Å². The number of aryl methyl sites for hydroxylation is 3. The van der Waals surface area contributed by atoms with Crippen molar-refractivity contribution >= 4 is 27.8 Å². The van der Waals surface area contributed by atoms with Gasteiger partial charge in [0.1, 0.15) is 0 Å². The zero-order valence-electron chi connectivity index (χ0n) is 16.9. The minimum absolute atomic E-state index is 0. The SMILES string of the molecule is CCN(CC[N+](C)(C)C)c1ccc(/N=N/c2nc(C)c(C)s2)c(C)c1.[Br-]. The summed E-state index contributed by atoms with van der Waals surface area (Å²) in [7, 11) is 6.68. The molecule has 5 nitrogen and oxygen atoms in total. The van der Waals surface area contributed by atoms with Crippen LogP contribution in [0.15, 0.2) is 28.4 Å². The standard InChI is InChI=1S/C19H30N5S.BrH/c1-8-23(11-12-24(5,6)7)17-9-10-18(14(2)13-17)21-22-19-20-15(3)16(4)25-19;/h9-10,13H,8,11-12H2,1-7H3;1H/q+1;/p-1/b22-21+;. The number of aromatic nitrogens is 1. The van der Waals surface area contributed by atoms with Crippen molar-refractivity contribution in [2.24, 2.45) is 10.2 Å². The van der Waals surface area contributed by atoms with Crippen LogP contribution < -0.4 is 21.9 Å². The molecule has 0 saturated carbocycles. The lowest BCUT2D eigenvalue weighted by atomic mass is 10.1. The highest BCUT2D eigenvalue weighted by atomic mass is 79.9. The van der Waals surface area contributed by atoms with Crippen LogP contribution in [-0.4, -0.2) is 50.2 Å². The van der Waals surface area contributed by atoms with E-state index in [0.29, 0.717) is 0 Å². The minimum Gasteiger partial charge on any atom is -1.00 e. The largest absolute Gasteiger partial charge is 1.00 e. The van der Waals surface area contributed by atoms with Crippen molar-refractivity contribution in [2.75, 3.05) is 45.7 Å². The molecule has 0 spiro atoms. The van der Waals surface area contributed by atoms with Gasteiger partial charge in [-0.3, -0.25) is 0 Å². The Balaban J connectivity index is 0.00000338. The Morgan fingerprint density at radius 1 is 1.12 bits per heavy atom. The summed E-state index contributed by atoms with van der Waals surface area (Å²) in [5.41, 5.74) is 4.31. The number of thiazole rings is 1. The molecule has 0 N–H and O–H groups in total. The van der Waals surface area contributed by atoms with E-state index in [9.17, 15) is 0 Å². The molecule has 0 aliphatic rings. The van der Waals surface area contributed by atoms with E-state index in [1.165, 1.54) is 10.6 Å². The molecular formula is C19H30BrN5S. The molecule has 0 unspecified atom stereocenters. The Hall–Kier alpha value is -1.31. The van der Waals surface area contributed by atoms with Crippen LogP contribution in [0.25, 0.3) is 0 Å². The van der Waals surface area contributed by atoms with Crippen LogP contribution in [0, 0.1) is 20.8 Å². The monoisotopic (exact) mass is 439 g/mol. The molecule has 0 bridgehead atoms. The van der Waals surface area contributed by atoms with Gasteiger partial charge in [0, 0.05) is 17.1 Å².